The lowest BCUT2D eigenvalue weighted by Gasteiger charge is -2.30. The number of amides is 1. The van der Waals surface area contributed by atoms with Crippen LogP contribution in [0.5, 0.6) is 0 Å². The summed E-state index contributed by atoms with van der Waals surface area (Å²) in [7, 11) is 0. The van der Waals surface area contributed by atoms with E-state index < -0.39 is 17.7 Å². The maximum atomic E-state index is 13.2. The monoisotopic (exact) mass is 438 g/mol. The molecule has 1 aliphatic heterocycles. The van der Waals surface area contributed by atoms with Crippen molar-refractivity contribution >= 4 is 17.6 Å². The average Bonchev–Trinajstić information content (AvgIpc) is 3.21. The number of nitrogens with one attached hydrogen (secondary N) is 2. The Kier molecular flexibility index (Phi) is 7.06. The topological polar surface area (TPSA) is 76.7 Å². The van der Waals surface area contributed by atoms with Gasteiger partial charge in [-0.1, -0.05) is 17.7 Å². The highest BCUT2D eigenvalue weighted by Gasteiger charge is 2.35. The summed E-state index contributed by atoms with van der Waals surface area (Å²) >= 11 is 0. The average molecular weight is 439 g/mol. The van der Waals surface area contributed by atoms with Crippen LogP contribution in [-0.2, 0) is 27.4 Å². The van der Waals surface area contributed by atoms with Gasteiger partial charge in [-0.05, 0) is 82.9 Å². The summed E-state index contributed by atoms with van der Waals surface area (Å²) in [5, 5.41) is 6.48. The van der Waals surface area contributed by atoms with Gasteiger partial charge in [0.15, 0.2) is 6.10 Å². The van der Waals surface area contributed by atoms with Crippen molar-refractivity contribution in [2.45, 2.75) is 73.3 Å². The number of rotatable bonds is 6. The Morgan fingerprint density at radius 1 is 1.03 bits per heavy atom. The lowest BCUT2D eigenvalue weighted by atomic mass is 9.89. The summed E-state index contributed by atoms with van der Waals surface area (Å²) in [5.74, 6) is -0.681. The molecule has 6 nitrogen and oxygen atoms in total. The number of carbonyl (C=O) groups is 2. The van der Waals surface area contributed by atoms with Gasteiger partial charge in [0.05, 0.1) is 17.9 Å². The Hall–Kier alpha value is -2.70. The quantitative estimate of drug-likeness (QED) is 0.628. The molecule has 0 fully saturated rings. The molecule has 32 heavy (non-hydrogen) atoms. The summed E-state index contributed by atoms with van der Waals surface area (Å²) in [4.78, 5) is 26.2. The number of aryl methyl sites for hydroxylation is 1. The van der Waals surface area contributed by atoms with Crippen molar-refractivity contribution in [3.8, 4) is 0 Å². The Balaban J connectivity index is 2.16. The van der Waals surface area contributed by atoms with Gasteiger partial charge >= 0.3 is 5.97 Å². The van der Waals surface area contributed by atoms with E-state index in [0.717, 1.165) is 34.4 Å². The maximum absolute atomic E-state index is 13.2. The molecule has 2 aromatic rings. The molecule has 1 aliphatic rings. The molecular formula is C26H34N2O4. The van der Waals surface area contributed by atoms with Crippen LogP contribution in [0.3, 0.4) is 0 Å². The SMILES string of the molecule is CCOC(=O)[C@@H](OC(C)(C)C)c1c(C)c2c(c(C)c1NC(=O)c1ccc(C)cc1)CNC2. The fraction of sp³-hybridized carbons (Fsp3) is 0.462. The Bertz CT molecular complexity index is 1020. The third-order valence-electron chi connectivity index (χ3n) is 5.71. The van der Waals surface area contributed by atoms with Crippen LogP contribution < -0.4 is 10.6 Å². The van der Waals surface area contributed by atoms with Crippen molar-refractivity contribution in [1.82, 2.24) is 5.32 Å². The molecule has 172 valence electrons. The summed E-state index contributed by atoms with van der Waals surface area (Å²) in [6.07, 6.45) is -0.951. The predicted molar refractivity (Wildman–Crippen MR) is 126 cm³/mol. The minimum absolute atomic E-state index is 0.224. The number of anilines is 1. The highest BCUT2D eigenvalue weighted by atomic mass is 16.6. The zero-order valence-electron chi connectivity index (χ0n) is 20.1. The van der Waals surface area contributed by atoms with Gasteiger partial charge in [0, 0.05) is 24.2 Å². The van der Waals surface area contributed by atoms with Crippen LogP contribution in [0.1, 0.15) is 77.5 Å². The smallest absolute Gasteiger partial charge is 0.340 e. The number of esters is 1. The molecule has 1 atom stereocenters. The van der Waals surface area contributed by atoms with Crippen molar-refractivity contribution in [3.63, 3.8) is 0 Å². The van der Waals surface area contributed by atoms with Crippen molar-refractivity contribution < 1.29 is 19.1 Å². The van der Waals surface area contributed by atoms with Crippen LogP contribution in [0, 0.1) is 20.8 Å². The van der Waals surface area contributed by atoms with E-state index in [0.29, 0.717) is 23.4 Å². The van der Waals surface area contributed by atoms with E-state index in [1.54, 1.807) is 19.1 Å². The lowest BCUT2D eigenvalue weighted by Crippen LogP contribution is -2.31. The molecule has 0 unspecified atom stereocenters. The van der Waals surface area contributed by atoms with Gasteiger partial charge in [0.25, 0.3) is 5.91 Å². The highest BCUT2D eigenvalue weighted by molar-refractivity contribution is 6.05. The maximum Gasteiger partial charge on any atom is 0.340 e. The van der Waals surface area contributed by atoms with Gasteiger partial charge in [-0.15, -0.1) is 0 Å². The number of ether oxygens (including phenoxy) is 2. The second-order valence-corrected chi connectivity index (χ2v) is 9.28. The Morgan fingerprint density at radius 2 is 1.62 bits per heavy atom. The molecule has 0 aromatic heterocycles. The summed E-state index contributed by atoms with van der Waals surface area (Å²) in [6, 6.07) is 7.42. The van der Waals surface area contributed by atoms with Crippen LogP contribution in [-0.4, -0.2) is 24.1 Å². The van der Waals surface area contributed by atoms with Crippen LogP contribution in [0.25, 0.3) is 0 Å². The second kappa shape index (κ2) is 9.43. The van der Waals surface area contributed by atoms with E-state index in [-0.39, 0.29) is 12.5 Å². The van der Waals surface area contributed by atoms with Crippen LogP contribution in [0.4, 0.5) is 5.69 Å². The zero-order valence-corrected chi connectivity index (χ0v) is 20.1. The Morgan fingerprint density at radius 3 is 2.19 bits per heavy atom. The molecule has 0 saturated heterocycles. The van der Waals surface area contributed by atoms with Gasteiger partial charge in [-0.3, -0.25) is 4.79 Å². The number of fused-ring (bicyclic) bond motifs is 1. The zero-order chi connectivity index (χ0) is 23.6. The van der Waals surface area contributed by atoms with Gasteiger partial charge in [-0.25, -0.2) is 4.79 Å². The number of carbonyl (C=O) groups excluding carboxylic acids is 2. The molecule has 0 bridgehead atoms. The predicted octanol–water partition coefficient (Wildman–Crippen LogP) is 4.89. The van der Waals surface area contributed by atoms with Crippen molar-refractivity contribution in [3.05, 3.63) is 63.2 Å². The van der Waals surface area contributed by atoms with E-state index >= 15 is 0 Å². The fourth-order valence-corrected chi connectivity index (χ4v) is 4.12. The van der Waals surface area contributed by atoms with Gasteiger partial charge in [0.1, 0.15) is 0 Å². The minimum atomic E-state index is -0.951. The molecule has 3 rings (SSSR count). The summed E-state index contributed by atoms with van der Waals surface area (Å²) < 4.78 is 11.6. The van der Waals surface area contributed by atoms with Gasteiger partial charge in [0.2, 0.25) is 0 Å². The molecule has 2 aromatic carbocycles. The van der Waals surface area contributed by atoms with Crippen molar-refractivity contribution in [2.75, 3.05) is 11.9 Å². The first-order chi connectivity index (χ1) is 15.0. The fourth-order valence-electron chi connectivity index (χ4n) is 4.12. The standard InChI is InChI=1S/C26H34N2O4/c1-8-31-25(30)23(32-26(5,6)7)21-16(3)19-13-27-14-20(19)17(4)22(21)28-24(29)18-11-9-15(2)10-12-18/h9-12,23,27H,8,13-14H2,1-7H3,(H,28,29)/t23-/m0/s1. The van der Waals surface area contributed by atoms with E-state index in [2.05, 4.69) is 10.6 Å². The first-order valence-electron chi connectivity index (χ1n) is 11.1. The largest absolute Gasteiger partial charge is 0.464 e. The van der Waals surface area contributed by atoms with E-state index in [1.165, 1.54) is 0 Å². The van der Waals surface area contributed by atoms with Crippen LogP contribution >= 0.6 is 0 Å². The van der Waals surface area contributed by atoms with Gasteiger partial charge < -0.3 is 20.1 Å². The number of hydrogen-bond acceptors (Lipinski definition) is 5. The van der Waals surface area contributed by atoms with Crippen molar-refractivity contribution in [2.24, 2.45) is 0 Å². The molecule has 1 heterocycles. The highest BCUT2D eigenvalue weighted by Crippen LogP contribution is 2.40. The second-order valence-electron chi connectivity index (χ2n) is 9.28. The van der Waals surface area contributed by atoms with Crippen molar-refractivity contribution in [1.29, 1.82) is 0 Å². The molecule has 6 heteroatoms. The molecular weight excluding hydrogens is 404 g/mol. The van der Waals surface area contributed by atoms with E-state index in [1.807, 2.05) is 53.7 Å². The molecule has 0 radical (unpaired) electrons. The lowest BCUT2D eigenvalue weighted by molar-refractivity contribution is -0.166. The van der Waals surface area contributed by atoms with Crippen LogP contribution in [0.15, 0.2) is 24.3 Å². The number of hydrogen-bond donors (Lipinski definition) is 2. The molecule has 0 saturated carbocycles. The minimum Gasteiger partial charge on any atom is -0.464 e. The Labute approximate surface area is 190 Å². The van der Waals surface area contributed by atoms with Crippen LogP contribution in [0.2, 0.25) is 0 Å². The molecule has 1 amide bonds. The number of benzene rings is 2. The first-order valence-corrected chi connectivity index (χ1v) is 11.1. The molecule has 0 aliphatic carbocycles. The van der Waals surface area contributed by atoms with E-state index in [9.17, 15) is 9.59 Å². The first kappa shape index (κ1) is 24.0. The summed E-state index contributed by atoms with van der Waals surface area (Å²) in [6.45, 7) is 15.1. The normalized spacial score (nSPS) is 14.1. The third kappa shape index (κ3) is 5.03. The molecule has 2 N–H and O–H groups in total. The van der Waals surface area contributed by atoms with E-state index in [4.69, 9.17) is 9.47 Å². The summed E-state index contributed by atoms with van der Waals surface area (Å²) in [5.41, 5.74) is 6.53. The third-order valence-corrected chi connectivity index (χ3v) is 5.71. The van der Waals surface area contributed by atoms with Gasteiger partial charge in [-0.2, -0.15) is 0 Å². The molecule has 0 spiro atoms.